The summed E-state index contributed by atoms with van der Waals surface area (Å²) in [5.41, 5.74) is 1.82. The van der Waals surface area contributed by atoms with Crippen LogP contribution in [0.4, 0.5) is 4.79 Å². The van der Waals surface area contributed by atoms with Crippen LogP contribution in [0.3, 0.4) is 0 Å². The van der Waals surface area contributed by atoms with Gasteiger partial charge in [-0.15, -0.1) is 0 Å². The number of rotatable bonds is 4. The number of ether oxygens (including phenoxy) is 1. The van der Waals surface area contributed by atoms with Crippen LogP contribution >= 0.6 is 0 Å². The van der Waals surface area contributed by atoms with E-state index in [2.05, 4.69) is 36.2 Å². The molecule has 21 heavy (non-hydrogen) atoms. The minimum Gasteiger partial charge on any atom is -0.444 e. The number of unbranched alkanes of at least 4 members (excludes halogenated alkanes) is 1. The van der Waals surface area contributed by atoms with Crippen molar-refractivity contribution in [2.24, 2.45) is 0 Å². The lowest BCUT2D eigenvalue weighted by Gasteiger charge is -2.18. The van der Waals surface area contributed by atoms with Gasteiger partial charge in [-0.2, -0.15) is 0 Å². The highest BCUT2D eigenvalue weighted by Gasteiger charge is 2.14. The average molecular weight is 287 g/mol. The second kappa shape index (κ2) is 8.36. The monoisotopic (exact) mass is 287 g/mol. The summed E-state index contributed by atoms with van der Waals surface area (Å²) in [7, 11) is 0. The van der Waals surface area contributed by atoms with Crippen LogP contribution in [0.2, 0.25) is 0 Å². The zero-order chi connectivity index (χ0) is 15.7. The highest BCUT2D eigenvalue weighted by Crippen LogP contribution is 2.07. The Labute approximate surface area is 128 Å². The van der Waals surface area contributed by atoms with E-state index < -0.39 is 11.7 Å². The quantitative estimate of drug-likeness (QED) is 0.853. The number of alkyl carbamates (subject to hydrolysis) is 1. The van der Waals surface area contributed by atoms with E-state index in [0.717, 1.165) is 12.0 Å². The molecule has 3 nitrogen and oxygen atoms in total. The van der Waals surface area contributed by atoms with E-state index in [1.807, 2.05) is 32.9 Å². The number of nitrogens with one attached hydrogen (secondary N) is 1. The predicted octanol–water partition coefficient (Wildman–Crippen LogP) is 3.91. The van der Waals surface area contributed by atoms with Crippen LogP contribution in [-0.4, -0.2) is 18.2 Å². The molecular formula is C18H25NO2. The minimum absolute atomic E-state index is 0.284. The molecule has 3 heteroatoms. The van der Waals surface area contributed by atoms with Crippen molar-refractivity contribution in [1.82, 2.24) is 5.32 Å². The van der Waals surface area contributed by atoms with E-state index in [0.29, 0.717) is 0 Å². The summed E-state index contributed by atoms with van der Waals surface area (Å²) in [6, 6.07) is 8.26. The maximum atomic E-state index is 11.4. The van der Waals surface area contributed by atoms with Gasteiger partial charge in [0.25, 0.3) is 0 Å². The maximum Gasteiger partial charge on any atom is 0.408 e. The van der Waals surface area contributed by atoms with E-state index in [9.17, 15) is 4.79 Å². The van der Waals surface area contributed by atoms with Crippen LogP contribution in [0.1, 0.15) is 51.7 Å². The fraction of sp³-hybridized carbons (Fsp3) is 0.500. The molecule has 114 valence electrons. The fourth-order valence-electron chi connectivity index (χ4n) is 1.71. The van der Waals surface area contributed by atoms with Gasteiger partial charge in [-0.05, 0) is 51.3 Å². The Bertz CT molecular complexity index is 501. The molecule has 0 atom stereocenters. The number of hydrogen-bond acceptors (Lipinski definition) is 2. The molecule has 0 aliphatic carbocycles. The summed E-state index contributed by atoms with van der Waals surface area (Å²) in [5.74, 6) is 5.94. The Morgan fingerprint density at radius 2 is 1.90 bits per heavy atom. The van der Waals surface area contributed by atoms with Crippen molar-refractivity contribution in [3.63, 3.8) is 0 Å². The fourth-order valence-corrected chi connectivity index (χ4v) is 1.71. The largest absolute Gasteiger partial charge is 0.444 e. The summed E-state index contributed by atoms with van der Waals surface area (Å²) >= 11 is 0. The van der Waals surface area contributed by atoms with Crippen molar-refractivity contribution in [2.45, 2.75) is 52.6 Å². The third kappa shape index (κ3) is 8.04. The van der Waals surface area contributed by atoms with Gasteiger partial charge in [-0.25, -0.2) is 4.79 Å². The van der Waals surface area contributed by atoms with E-state index in [-0.39, 0.29) is 6.54 Å². The van der Waals surface area contributed by atoms with Gasteiger partial charge in [0, 0.05) is 5.56 Å². The number of amides is 1. The van der Waals surface area contributed by atoms with Crippen LogP contribution in [-0.2, 0) is 11.2 Å². The van der Waals surface area contributed by atoms with Crippen molar-refractivity contribution in [3.05, 3.63) is 35.4 Å². The molecule has 0 heterocycles. The van der Waals surface area contributed by atoms with Crippen molar-refractivity contribution < 1.29 is 9.53 Å². The first-order chi connectivity index (χ1) is 9.90. The Morgan fingerprint density at radius 3 is 2.48 bits per heavy atom. The predicted molar refractivity (Wildman–Crippen MR) is 86.2 cm³/mol. The van der Waals surface area contributed by atoms with Gasteiger partial charge in [-0.1, -0.05) is 37.3 Å². The number of hydrogen-bond donors (Lipinski definition) is 1. The molecule has 1 amide bonds. The van der Waals surface area contributed by atoms with Crippen LogP contribution in [0.5, 0.6) is 0 Å². The van der Waals surface area contributed by atoms with Gasteiger partial charge < -0.3 is 10.1 Å². The summed E-state index contributed by atoms with van der Waals surface area (Å²) < 4.78 is 5.13. The molecule has 0 fully saturated rings. The summed E-state index contributed by atoms with van der Waals surface area (Å²) in [5, 5.41) is 2.61. The molecule has 1 rings (SSSR count). The lowest BCUT2D eigenvalue weighted by atomic mass is 10.1. The van der Waals surface area contributed by atoms with E-state index in [1.165, 1.54) is 18.4 Å². The molecule has 1 N–H and O–H groups in total. The Kier molecular flexibility index (Phi) is 6.81. The number of benzene rings is 1. The first-order valence-electron chi connectivity index (χ1n) is 7.45. The summed E-state index contributed by atoms with van der Waals surface area (Å²) in [6.07, 6.45) is 3.10. The first kappa shape index (κ1) is 17.1. The molecule has 0 unspecified atom stereocenters. The third-order valence-corrected chi connectivity index (χ3v) is 2.73. The number of aryl methyl sites for hydroxylation is 1. The molecule has 0 aliphatic heterocycles. The SMILES string of the molecule is CCCCc1ccc(C#CCNC(=O)OC(C)(C)C)cc1. The van der Waals surface area contributed by atoms with Crippen molar-refractivity contribution in [2.75, 3.05) is 6.54 Å². The average Bonchev–Trinajstić information content (AvgIpc) is 2.41. The maximum absolute atomic E-state index is 11.4. The van der Waals surface area contributed by atoms with Crippen LogP contribution in [0.15, 0.2) is 24.3 Å². The molecule has 1 aromatic carbocycles. The van der Waals surface area contributed by atoms with Crippen LogP contribution in [0, 0.1) is 11.8 Å². The molecule has 1 aromatic rings. The molecular weight excluding hydrogens is 262 g/mol. The molecule has 0 bridgehead atoms. The molecule has 0 spiro atoms. The van der Waals surface area contributed by atoms with Gasteiger partial charge in [0.1, 0.15) is 5.60 Å². The second-order valence-corrected chi connectivity index (χ2v) is 5.96. The molecule has 0 aromatic heterocycles. The zero-order valence-electron chi connectivity index (χ0n) is 13.5. The van der Waals surface area contributed by atoms with Crippen LogP contribution < -0.4 is 5.32 Å². The summed E-state index contributed by atoms with van der Waals surface area (Å²) in [4.78, 5) is 11.4. The second-order valence-electron chi connectivity index (χ2n) is 5.96. The smallest absolute Gasteiger partial charge is 0.408 e. The number of carbonyl (C=O) groups excluding carboxylic acids is 1. The van der Waals surface area contributed by atoms with Gasteiger partial charge in [-0.3, -0.25) is 0 Å². The topological polar surface area (TPSA) is 38.3 Å². The molecule has 0 saturated heterocycles. The molecule has 0 radical (unpaired) electrons. The van der Waals surface area contributed by atoms with Crippen LogP contribution in [0.25, 0.3) is 0 Å². The lowest BCUT2D eigenvalue weighted by Crippen LogP contribution is -2.32. The normalized spacial score (nSPS) is 10.5. The van der Waals surface area contributed by atoms with Crippen molar-refractivity contribution in [3.8, 4) is 11.8 Å². The van der Waals surface area contributed by atoms with Gasteiger partial charge >= 0.3 is 6.09 Å². The van der Waals surface area contributed by atoms with Crippen molar-refractivity contribution in [1.29, 1.82) is 0 Å². The Morgan fingerprint density at radius 1 is 1.24 bits per heavy atom. The lowest BCUT2D eigenvalue weighted by molar-refractivity contribution is 0.0535. The summed E-state index contributed by atoms with van der Waals surface area (Å²) in [6.45, 7) is 7.97. The highest BCUT2D eigenvalue weighted by atomic mass is 16.6. The minimum atomic E-state index is -0.480. The molecule has 0 saturated carbocycles. The molecule has 0 aliphatic rings. The zero-order valence-corrected chi connectivity index (χ0v) is 13.5. The van der Waals surface area contributed by atoms with E-state index in [4.69, 9.17) is 4.74 Å². The van der Waals surface area contributed by atoms with Gasteiger partial charge in [0.15, 0.2) is 0 Å². The Balaban J connectivity index is 2.39. The third-order valence-electron chi connectivity index (χ3n) is 2.73. The van der Waals surface area contributed by atoms with Gasteiger partial charge in [0.05, 0.1) is 6.54 Å². The highest BCUT2D eigenvalue weighted by molar-refractivity contribution is 5.68. The van der Waals surface area contributed by atoms with Gasteiger partial charge in [0.2, 0.25) is 0 Å². The Hall–Kier alpha value is -1.95. The first-order valence-corrected chi connectivity index (χ1v) is 7.45. The van der Waals surface area contributed by atoms with E-state index >= 15 is 0 Å². The van der Waals surface area contributed by atoms with Crippen molar-refractivity contribution >= 4 is 6.09 Å². The van der Waals surface area contributed by atoms with E-state index in [1.54, 1.807) is 0 Å². The number of carbonyl (C=O) groups is 1. The standard InChI is InChI=1S/C18H25NO2/c1-5-6-8-15-10-12-16(13-11-15)9-7-14-19-17(20)21-18(2,3)4/h10-13H,5-6,8,14H2,1-4H3,(H,19,20).